The third kappa shape index (κ3) is 4.82. The Hall–Kier alpha value is -3.03. The summed E-state index contributed by atoms with van der Waals surface area (Å²) in [5, 5.41) is 21.2. The van der Waals surface area contributed by atoms with Gasteiger partial charge in [-0.25, -0.2) is 4.79 Å². The summed E-state index contributed by atoms with van der Waals surface area (Å²) in [4.78, 5) is 24.6. The molecule has 0 atom stereocenters. The summed E-state index contributed by atoms with van der Waals surface area (Å²) in [6, 6.07) is 15.9. The number of rotatable bonds is 8. The van der Waals surface area contributed by atoms with Gasteiger partial charge in [0.05, 0.1) is 24.2 Å². The number of aromatic carboxylic acids is 1. The lowest BCUT2D eigenvalue weighted by Crippen LogP contribution is -2.23. The fraction of sp³-hybridized carbons (Fsp3) is 0.143. The van der Waals surface area contributed by atoms with Gasteiger partial charge in [0.15, 0.2) is 0 Å². The summed E-state index contributed by atoms with van der Waals surface area (Å²) in [6.45, 7) is 0.291. The van der Waals surface area contributed by atoms with E-state index < -0.39 is 5.97 Å². The molecule has 0 unspecified atom stereocenters. The number of hydrogen-bond donors (Lipinski definition) is 3. The first kappa shape index (κ1) is 19.7. The molecule has 0 aliphatic rings. The van der Waals surface area contributed by atoms with Crippen molar-refractivity contribution in [1.82, 2.24) is 5.32 Å². The Kier molecular flexibility index (Phi) is 6.52. The SMILES string of the molecule is O=C(NCc1cccc(CO)c1)c1ccccc1SCc1occc1C(=O)O. The number of amides is 1. The summed E-state index contributed by atoms with van der Waals surface area (Å²) in [6.07, 6.45) is 1.35. The van der Waals surface area contributed by atoms with Gasteiger partial charge in [-0.05, 0) is 29.3 Å². The normalized spacial score (nSPS) is 10.6. The van der Waals surface area contributed by atoms with Crippen molar-refractivity contribution in [3.63, 3.8) is 0 Å². The number of aliphatic hydroxyl groups excluding tert-OH is 1. The molecule has 0 aliphatic carbocycles. The molecule has 28 heavy (non-hydrogen) atoms. The van der Waals surface area contributed by atoms with Crippen LogP contribution in [0.15, 0.2) is 70.2 Å². The zero-order valence-corrected chi connectivity index (χ0v) is 15.7. The number of carbonyl (C=O) groups is 2. The molecule has 1 heterocycles. The topological polar surface area (TPSA) is 99.8 Å². The highest BCUT2D eigenvalue weighted by atomic mass is 32.2. The maximum atomic E-state index is 12.6. The first-order valence-electron chi connectivity index (χ1n) is 8.57. The second-order valence-corrected chi connectivity index (χ2v) is 7.03. The van der Waals surface area contributed by atoms with Gasteiger partial charge < -0.3 is 19.9 Å². The van der Waals surface area contributed by atoms with E-state index in [1.165, 1.54) is 24.1 Å². The van der Waals surface area contributed by atoms with Crippen LogP contribution in [-0.2, 0) is 18.9 Å². The van der Waals surface area contributed by atoms with E-state index in [2.05, 4.69) is 5.32 Å². The number of carbonyl (C=O) groups excluding carboxylic acids is 1. The van der Waals surface area contributed by atoms with E-state index in [-0.39, 0.29) is 18.1 Å². The fourth-order valence-electron chi connectivity index (χ4n) is 2.68. The highest BCUT2D eigenvalue weighted by molar-refractivity contribution is 7.98. The fourth-order valence-corrected chi connectivity index (χ4v) is 3.68. The van der Waals surface area contributed by atoms with Crippen LogP contribution in [0.25, 0.3) is 0 Å². The van der Waals surface area contributed by atoms with E-state index >= 15 is 0 Å². The minimum absolute atomic E-state index is 0.0492. The van der Waals surface area contributed by atoms with Gasteiger partial charge in [-0.1, -0.05) is 36.4 Å². The van der Waals surface area contributed by atoms with Crippen LogP contribution in [0.2, 0.25) is 0 Å². The van der Waals surface area contributed by atoms with Crippen molar-refractivity contribution >= 4 is 23.6 Å². The molecule has 2 aromatic carbocycles. The summed E-state index contributed by atoms with van der Waals surface area (Å²) in [5.41, 5.74) is 2.31. The Labute approximate surface area is 166 Å². The Bertz CT molecular complexity index is 982. The molecule has 0 fully saturated rings. The second-order valence-electron chi connectivity index (χ2n) is 6.01. The number of carboxylic acid groups (broad SMARTS) is 1. The van der Waals surface area contributed by atoms with E-state index in [1.54, 1.807) is 12.1 Å². The maximum absolute atomic E-state index is 12.6. The molecule has 3 aromatic rings. The van der Waals surface area contributed by atoms with Crippen molar-refractivity contribution in [3.05, 3.63) is 88.9 Å². The highest BCUT2D eigenvalue weighted by Crippen LogP contribution is 2.28. The first-order valence-corrected chi connectivity index (χ1v) is 9.55. The van der Waals surface area contributed by atoms with Gasteiger partial charge in [-0.15, -0.1) is 11.8 Å². The highest BCUT2D eigenvalue weighted by Gasteiger charge is 2.16. The molecule has 7 heteroatoms. The predicted octanol–water partition coefficient (Wildman–Crippen LogP) is 3.69. The monoisotopic (exact) mass is 397 g/mol. The Morgan fingerprint density at radius 1 is 1.00 bits per heavy atom. The van der Waals surface area contributed by atoms with E-state index in [4.69, 9.17) is 9.52 Å². The number of hydrogen-bond acceptors (Lipinski definition) is 5. The van der Waals surface area contributed by atoms with Crippen molar-refractivity contribution in [2.75, 3.05) is 0 Å². The second kappa shape index (κ2) is 9.25. The van der Waals surface area contributed by atoms with E-state index in [1.807, 2.05) is 36.4 Å². The molecular formula is C21H19NO5S. The van der Waals surface area contributed by atoms with Crippen LogP contribution >= 0.6 is 11.8 Å². The average Bonchev–Trinajstić information content (AvgIpc) is 3.20. The number of nitrogens with one attached hydrogen (secondary N) is 1. The minimum atomic E-state index is -1.04. The molecule has 1 aromatic heterocycles. The van der Waals surface area contributed by atoms with Crippen molar-refractivity contribution in [2.24, 2.45) is 0 Å². The lowest BCUT2D eigenvalue weighted by atomic mass is 10.1. The van der Waals surface area contributed by atoms with Crippen LogP contribution in [0.4, 0.5) is 0 Å². The lowest BCUT2D eigenvalue weighted by Gasteiger charge is -2.10. The number of thioether (sulfide) groups is 1. The molecule has 1 amide bonds. The smallest absolute Gasteiger partial charge is 0.339 e. The van der Waals surface area contributed by atoms with Crippen LogP contribution < -0.4 is 5.32 Å². The molecule has 0 radical (unpaired) electrons. The van der Waals surface area contributed by atoms with Crippen molar-refractivity contribution in [2.45, 2.75) is 23.8 Å². The minimum Gasteiger partial charge on any atom is -0.478 e. The Morgan fingerprint density at radius 2 is 1.79 bits per heavy atom. The predicted molar refractivity (Wildman–Crippen MR) is 105 cm³/mol. The standard InChI is InChI=1S/C21H19NO5S/c23-12-15-5-3-4-14(10-15)11-22-20(24)17-6-1-2-7-19(17)28-13-18-16(21(25)26)8-9-27-18/h1-10,23H,11-13H2,(H,22,24)(H,25,26). The molecule has 0 saturated heterocycles. The molecule has 0 spiro atoms. The molecule has 0 saturated carbocycles. The van der Waals surface area contributed by atoms with Crippen LogP contribution in [0.5, 0.6) is 0 Å². The van der Waals surface area contributed by atoms with Crippen molar-refractivity contribution < 1.29 is 24.2 Å². The molecule has 0 bridgehead atoms. The van der Waals surface area contributed by atoms with Gasteiger partial charge in [-0.2, -0.15) is 0 Å². The summed E-state index contributed by atoms with van der Waals surface area (Å²) < 4.78 is 5.25. The number of carboxylic acids is 1. The number of aliphatic hydroxyl groups is 1. The van der Waals surface area contributed by atoms with Crippen LogP contribution in [0.1, 0.15) is 37.6 Å². The summed E-state index contributed by atoms with van der Waals surface area (Å²) in [7, 11) is 0. The molecule has 3 rings (SSSR count). The van der Waals surface area contributed by atoms with Gasteiger partial charge in [0.25, 0.3) is 5.91 Å². The Morgan fingerprint density at radius 3 is 2.57 bits per heavy atom. The summed E-state index contributed by atoms with van der Waals surface area (Å²) in [5.74, 6) is -0.610. The third-order valence-corrected chi connectivity index (χ3v) is 5.17. The van der Waals surface area contributed by atoms with E-state index in [0.29, 0.717) is 23.6 Å². The largest absolute Gasteiger partial charge is 0.478 e. The summed E-state index contributed by atoms with van der Waals surface area (Å²) >= 11 is 1.34. The zero-order valence-electron chi connectivity index (χ0n) is 14.9. The van der Waals surface area contributed by atoms with Gasteiger partial charge in [0.1, 0.15) is 11.3 Å². The third-order valence-electron chi connectivity index (χ3n) is 4.09. The Balaban J connectivity index is 1.68. The average molecular weight is 397 g/mol. The van der Waals surface area contributed by atoms with Crippen LogP contribution in [0, 0.1) is 0 Å². The molecular weight excluding hydrogens is 378 g/mol. The maximum Gasteiger partial charge on any atom is 0.339 e. The van der Waals surface area contributed by atoms with Crippen molar-refractivity contribution in [3.8, 4) is 0 Å². The van der Waals surface area contributed by atoms with Gasteiger partial charge in [-0.3, -0.25) is 4.79 Å². The van der Waals surface area contributed by atoms with Crippen LogP contribution in [-0.4, -0.2) is 22.1 Å². The molecule has 0 aliphatic heterocycles. The van der Waals surface area contributed by atoms with Gasteiger partial charge >= 0.3 is 5.97 Å². The van der Waals surface area contributed by atoms with Gasteiger partial charge in [0.2, 0.25) is 0 Å². The number of benzene rings is 2. The lowest BCUT2D eigenvalue weighted by molar-refractivity contribution is 0.0694. The van der Waals surface area contributed by atoms with E-state index in [0.717, 1.165) is 16.0 Å². The van der Waals surface area contributed by atoms with Crippen LogP contribution in [0.3, 0.4) is 0 Å². The van der Waals surface area contributed by atoms with Crippen molar-refractivity contribution in [1.29, 1.82) is 0 Å². The van der Waals surface area contributed by atoms with Gasteiger partial charge in [0, 0.05) is 11.4 Å². The molecule has 6 nitrogen and oxygen atoms in total. The quantitative estimate of drug-likeness (QED) is 0.501. The molecule has 144 valence electrons. The molecule has 3 N–H and O–H groups in total. The number of furan rings is 1. The zero-order chi connectivity index (χ0) is 19.9. The first-order chi connectivity index (χ1) is 13.6. The van der Waals surface area contributed by atoms with E-state index in [9.17, 15) is 14.7 Å².